The number of carbonyl (C=O) groups excluding carboxylic acids is 3. The highest BCUT2D eigenvalue weighted by Gasteiger charge is 2.20. The van der Waals surface area contributed by atoms with Gasteiger partial charge in [0.05, 0.1) is 11.7 Å². The SMILES string of the molecule is CCCC(CC(=O)CCCCCCCCCCCNC(=O)CCCS(=O)(=O)NC(=O)CCCCCCCCCCCCCCCc1nn[nH]n1)C(=O)O. The standard InChI is InChI=1S/C39H72N6O7S/c1-2-26-34(39(49)50)33-35(46)27-21-17-13-9-8-12-16-20-24-31-40-37(47)30-25-32-53(51,52)43-38(48)29-23-19-15-11-7-5-3-4-6-10-14-18-22-28-36-41-44-45-42-36/h34H,2-33H2,1H3,(H,40,47)(H,43,48)(H,49,50)(H,41,42,44,45). The van der Waals surface area contributed by atoms with Crippen LogP contribution in [0.5, 0.6) is 0 Å². The Hall–Kier alpha value is -2.90. The molecule has 1 aromatic heterocycles. The van der Waals surface area contributed by atoms with Crippen LogP contribution in [0.25, 0.3) is 0 Å². The lowest BCUT2D eigenvalue weighted by atomic mass is 9.95. The summed E-state index contributed by atoms with van der Waals surface area (Å²) in [6.45, 7) is 2.51. The van der Waals surface area contributed by atoms with Crippen LogP contribution in [-0.2, 0) is 35.6 Å². The van der Waals surface area contributed by atoms with Crippen molar-refractivity contribution in [3.8, 4) is 0 Å². The van der Waals surface area contributed by atoms with Gasteiger partial charge in [0, 0.05) is 38.6 Å². The van der Waals surface area contributed by atoms with E-state index in [1.165, 1.54) is 51.4 Å². The molecule has 1 aromatic rings. The van der Waals surface area contributed by atoms with E-state index in [4.69, 9.17) is 0 Å². The molecule has 0 aliphatic rings. The molecule has 0 saturated heterocycles. The topological polar surface area (TPSA) is 201 Å². The zero-order chi connectivity index (χ0) is 38.8. The number of aryl methyl sites for hydroxylation is 1. The molecule has 0 radical (unpaired) electrons. The molecule has 1 unspecified atom stereocenters. The fourth-order valence-electron chi connectivity index (χ4n) is 6.54. The molecule has 1 heterocycles. The fraction of sp³-hybridized carbons (Fsp3) is 0.872. The Kier molecular flexibility index (Phi) is 29.5. The first-order valence-electron chi connectivity index (χ1n) is 20.9. The van der Waals surface area contributed by atoms with Gasteiger partial charge in [0.1, 0.15) is 5.78 Å². The van der Waals surface area contributed by atoms with Crippen LogP contribution in [0.1, 0.15) is 199 Å². The van der Waals surface area contributed by atoms with Crippen LogP contribution in [0.15, 0.2) is 0 Å². The highest BCUT2D eigenvalue weighted by atomic mass is 32.2. The van der Waals surface area contributed by atoms with Crippen molar-refractivity contribution in [3.05, 3.63) is 5.82 Å². The van der Waals surface area contributed by atoms with E-state index in [1.807, 2.05) is 6.92 Å². The molecule has 1 rings (SSSR count). The number of nitrogens with zero attached hydrogens (tertiary/aromatic N) is 3. The van der Waals surface area contributed by atoms with E-state index in [1.54, 1.807) is 0 Å². The predicted octanol–water partition coefficient (Wildman–Crippen LogP) is 7.91. The van der Waals surface area contributed by atoms with E-state index in [0.717, 1.165) is 102 Å². The number of unbranched alkanes of at least 4 members (excludes halogenated alkanes) is 20. The minimum Gasteiger partial charge on any atom is -0.481 e. The number of ketones is 1. The number of carbonyl (C=O) groups is 4. The van der Waals surface area contributed by atoms with Crippen molar-refractivity contribution >= 4 is 33.6 Å². The van der Waals surface area contributed by atoms with Crippen LogP contribution >= 0.6 is 0 Å². The minimum absolute atomic E-state index is 0.0590. The van der Waals surface area contributed by atoms with Crippen molar-refractivity contribution in [1.29, 1.82) is 0 Å². The molecule has 0 aliphatic carbocycles. The number of hydrogen-bond acceptors (Lipinski definition) is 9. The first kappa shape index (κ1) is 48.1. The van der Waals surface area contributed by atoms with Gasteiger partial charge >= 0.3 is 5.97 Å². The van der Waals surface area contributed by atoms with Crippen LogP contribution in [-0.4, -0.2) is 70.0 Å². The van der Waals surface area contributed by atoms with E-state index >= 15 is 0 Å². The second-order valence-corrected chi connectivity index (χ2v) is 16.6. The Morgan fingerprint density at radius 2 is 1.15 bits per heavy atom. The number of tetrazole rings is 1. The summed E-state index contributed by atoms with van der Waals surface area (Å²) in [5, 5.41) is 26.0. The van der Waals surface area contributed by atoms with Crippen molar-refractivity contribution in [2.24, 2.45) is 5.92 Å². The highest BCUT2D eigenvalue weighted by molar-refractivity contribution is 7.90. The van der Waals surface area contributed by atoms with Gasteiger partial charge in [-0.1, -0.05) is 134 Å². The largest absolute Gasteiger partial charge is 0.481 e. The van der Waals surface area contributed by atoms with E-state index in [-0.39, 0.29) is 43.1 Å². The van der Waals surface area contributed by atoms with E-state index in [9.17, 15) is 32.7 Å². The molecular formula is C39H72N6O7S. The van der Waals surface area contributed by atoms with Gasteiger partial charge in [-0.25, -0.2) is 8.42 Å². The molecule has 0 saturated carbocycles. The molecule has 14 heteroatoms. The molecular weight excluding hydrogens is 697 g/mol. The number of amides is 2. The quantitative estimate of drug-likeness (QED) is 0.0479. The summed E-state index contributed by atoms with van der Waals surface area (Å²) in [5.41, 5.74) is 0. The average molecular weight is 769 g/mol. The Balaban J connectivity index is 1.86. The summed E-state index contributed by atoms with van der Waals surface area (Å²) in [4.78, 5) is 47.5. The number of aliphatic carboxylic acids is 1. The molecule has 0 aromatic carbocycles. The monoisotopic (exact) mass is 769 g/mol. The maximum Gasteiger partial charge on any atom is 0.306 e. The molecule has 4 N–H and O–H groups in total. The molecule has 306 valence electrons. The molecule has 0 aliphatic heterocycles. The van der Waals surface area contributed by atoms with Crippen molar-refractivity contribution in [1.82, 2.24) is 30.7 Å². The summed E-state index contributed by atoms with van der Waals surface area (Å²) in [6, 6.07) is 0. The third-order valence-electron chi connectivity index (χ3n) is 9.69. The summed E-state index contributed by atoms with van der Waals surface area (Å²) in [7, 11) is -3.74. The molecule has 1 atom stereocenters. The molecule has 13 nitrogen and oxygen atoms in total. The molecule has 53 heavy (non-hydrogen) atoms. The number of hydrogen-bond donors (Lipinski definition) is 4. The number of H-pyrrole nitrogens is 1. The second kappa shape index (κ2) is 32.5. The Bertz CT molecular complexity index is 1200. The maximum absolute atomic E-state index is 12.3. The van der Waals surface area contributed by atoms with Gasteiger partial charge in [-0.15, -0.1) is 10.2 Å². The number of aromatic nitrogens is 4. The second-order valence-electron chi connectivity index (χ2n) is 14.7. The first-order valence-corrected chi connectivity index (χ1v) is 22.5. The van der Waals surface area contributed by atoms with Crippen molar-refractivity contribution in [3.63, 3.8) is 0 Å². The Labute approximate surface area is 319 Å². The van der Waals surface area contributed by atoms with Crippen molar-refractivity contribution in [2.45, 2.75) is 200 Å². The van der Waals surface area contributed by atoms with Crippen molar-refractivity contribution < 1.29 is 32.7 Å². The summed E-state index contributed by atoms with van der Waals surface area (Å²) in [6.07, 6.45) is 27.5. The van der Waals surface area contributed by atoms with E-state index in [2.05, 4.69) is 30.7 Å². The zero-order valence-corrected chi connectivity index (χ0v) is 33.7. The van der Waals surface area contributed by atoms with Gasteiger partial charge < -0.3 is 10.4 Å². The lowest BCUT2D eigenvalue weighted by Crippen LogP contribution is -2.33. The fourth-order valence-corrected chi connectivity index (χ4v) is 7.61. The number of Topliss-reactive ketones (excluding diaryl/α,β-unsaturated/α-hetero) is 1. The number of rotatable bonds is 38. The van der Waals surface area contributed by atoms with Gasteiger partial charge in [-0.05, 0) is 38.5 Å². The summed E-state index contributed by atoms with van der Waals surface area (Å²) in [5.74, 6) is -1.43. The van der Waals surface area contributed by atoms with Gasteiger partial charge in [0.25, 0.3) is 0 Å². The molecule has 2 amide bonds. The van der Waals surface area contributed by atoms with Crippen LogP contribution in [0.3, 0.4) is 0 Å². The highest BCUT2D eigenvalue weighted by Crippen LogP contribution is 2.16. The van der Waals surface area contributed by atoms with E-state index < -0.39 is 27.8 Å². The number of nitrogens with one attached hydrogen (secondary N) is 3. The lowest BCUT2D eigenvalue weighted by Gasteiger charge is -2.10. The van der Waals surface area contributed by atoms with Crippen LogP contribution in [0.2, 0.25) is 0 Å². The van der Waals surface area contributed by atoms with E-state index in [0.29, 0.717) is 25.8 Å². The van der Waals surface area contributed by atoms with Gasteiger partial charge in [-0.2, -0.15) is 5.21 Å². The first-order chi connectivity index (χ1) is 25.6. The average Bonchev–Trinajstić information content (AvgIpc) is 3.63. The number of sulfonamides is 1. The summed E-state index contributed by atoms with van der Waals surface area (Å²) < 4.78 is 26.7. The van der Waals surface area contributed by atoms with Crippen LogP contribution in [0.4, 0.5) is 0 Å². The third kappa shape index (κ3) is 30.2. The molecule has 0 fully saturated rings. The molecule has 0 bridgehead atoms. The number of aromatic amines is 1. The lowest BCUT2D eigenvalue weighted by molar-refractivity contribution is -0.144. The molecule has 0 spiro atoms. The van der Waals surface area contributed by atoms with Gasteiger partial charge in [0.15, 0.2) is 5.82 Å². The smallest absolute Gasteiger partial charge is 0.306 e. The zero-order valence-electron chi connectivity index (χ0n) is 32.9. The van der Waals surface area contributed by atoms with Gasteiger partial charge in [-0.3, -0.25) is 23.9 Å². The van der Waals surface area contributed by atoms with Gasteiger partial charge in [0.2, 0.25) is 21.8 Å². The van der Waals surface area contributed by atoms with Crippen molar-refractivity contribution in [2.75, 3.05) is 12.3 Å². The Morgan fingerprint density at radius 1 is 0.660 bits per heavy atom. The van der Waals surface area contributed by atoms with Crippen LogP contribution in [0, 0.1) is 5.92 Å². The minimum atomic E-state index is -3.74. The Morgan fingerprint density at radius 3 is 1.66 bits per heavy atom. The number of carboxylic acids is 1. The maximum atomic E-state index is 12.3. The predicted molar refractivity (Wildman–Crippen MR) is 209 cm³/mol. The number of carboxylic acid groups (broad SMARTS) is 1. The normalized spacial score (nSPS) is 12.1. The van der Waals surface area contributed by atoms with Crippen LogP contribution < -0.4 is 10.0 Å². The summed E-state index contributed by atoms with van der Waals surface area (Å²) >= 11 is 0. The third-order valence-corrected chi connectivity index (χ3v) is 11.1.